The Morgan fingerprint density at radius 1 is 1.26 bits per heavy atom. The van der Waals surface area contributed by atoms with Gasteiger partial charge in [-0.05, 0) is 66.1 Å². The number of carbonyl (C=O) groups excluding carboxylic acids is 2. The third-order valence-corrected chi connectivity index (χ3v) is 6.98. The van der Waals surface area contributed by atoms with Crippen LogP contribution >= 0.6 is 0 Å². The molecule has 1 atom stereocenters. The van der Waals surface area contributed by atoms with E-state index in [-0.39, 0.29) is 35.6 Å². The molecule has 0 bridgehead atoms. The summed E-state index contributed by atoms with van der Waals surface area (Å²) in [5.74, 6) is -2.29. The third-order valence-electron chi connectivity index (χ3n) is 6.98. The number of hydrogen-bond acceptors (Lipinski definition) is 8. The zero-order chi connectivity index (χ0) is 30.4. The summed E-state index contributed by atoms with van der Waals surface area (Å²) >= 11 is 0. The number of nitrogens with one attached hydrogen (secondary N) is 1. The molecule has 4 N–H and O–H groups in total. The fourth-order valence-electron chi connectivity index (χ4n) is 4.81. The Balaban J connectivity index is 0.000000310. The summed E-state index contributed by atoms with van der Waals surface area (Å²) in [4.78, 5) is 44.3. The second-order valence-electron chi connectivity index (χ2n) is 9.54. The number of nitrogens with two attached hydrogens (primary N) is 1. The number of halogens is 1. The first-order chi connectivity index (χ1) is 20.2. The van der Waals surface area contributed by atoms with Crippen LogP contribution in [0.15, 0.2) is 55.4 Å². The minimum Gasteiger partial charge on any atom is -0.477 e. The van der Waals surface area contributed by atoms with Gasteiger partial charge >= 0.3 is 11.9 Å². The molecule has 1 aliphatic carbocycles. The van der Waals surface area contributed by atoms with Gasteiger partial charge in [-0.15, -0.1) is 0 Å². The van der Waals surface area contributed by atoms with Crippen molar-refractivity contribution in [3.05, 3.63) is 106 Å². The number of carbonyl (C=O) groups is 3. The Kier molecular flexibility index (Phi) is 9.38. The maximum absolute atomic E-state index is 13.0. The van der Waals surface area contributed by atoms with E-state index >= 15 is 0 Å². The summed E-state index contributed by atoms with van der Waals surface area (Å²) in [7, 11) is 0. The highest BCUT2D eigenvalue weighted by molar-refractivity contribution is 5.96. The molecule has 2 aromatic carbocycles. The number of amides is 1. The lowest BCUT2D eigenvalue weighted by molar-refractivity contribution is 0.0548. The number of aromatic nitrogens is 4. The molecule has 2 aromatic heterocycles. The van der Waals surface area contributed by atoms with E-state index in [2.05, 4.69) is 27.0 Å². The van der Waals surface area contributed by atoms with Crippen LogP contribution in [0.1, 0.15) is 78.5 Å². The number of nitrogens with zero attached hydrogens (tertiary/aromatic N) is 4. The van der Waals surface area contributed by atoms with Crippen molar-refractivity contribution in [2.24, 2.45) is 5.73 Å². The lowest BCUT2D eigenvalue weighted by Gasteiger charge is -2.16. The van der Waals surface area contributed by atoms with Gasteiger partial charge in [0.25, 0.3) is 11.7 Å². The number of hydrogen-bond donors (Lipinski definition) is 3. The van der Waals surface area contributed by atoms with Crippen LogP contribution in [-0.4, -0.2) is 49.1 Å². The quantitative estimate of drug-likeness (QED) is 0.210. The van der Waals surface area contributed by atoms with Gasteiger partial charge in [-0.1, -0.05) is 37.8 Å². The van der Waals surface area contributed by atoms with Crippen molar-refractivity contribution in [3.8, 4) is 0 Å². The van der Waals surface area contributed by atoms with Crippen molar-refractivity contribution in [2.45, 2.75) is 45.7 Å². The van der Waals surface area contributed by atoms with Crippen LogP contribution in [0.2, 0.25) is 0 Å². The Morgan fingerprint density at radius 3 is 2.74 bits per heavy atom. The monoisotopic (exact) mass is 574 g/mol. The molecule has 0 spiro atoms. The summed E-state index contributed by atoms with van der Waals surface area (Å²) in [6, 6.07) is 9.38. The maximum atomic E-state index is 13.0. The first-order valence-corrected chi connectivity index (χ1v) is 13.3. The van der Waals surface area contributed by atoms with E-state index in [4.69, 9.17) is 10.5 Å². The average molecular weight is 575 g/mol. The molecule has 0 fully saturated rings. The first kappa shape index (κ1) is 30.0. The fraction of sp³-hybridized carbons (Fsp3) is 0.267. The van der Waals surface area contributed by atoms with Gasteiger partial charge in [-0.3, -0.25) is 4.79 Å². The number of ether oxygens (including phenoxy) is 1. The van der Waals surface area contributed by atoms with Crippen LogP contribution in [0.3, 0.4) is 0 Å². The summed E-state index contributed by atoms with van der Waals surface area (Å²) in [5.41, 5.74) is 10.1. The number of carboxylic acids is 1. The Hall–Kier alpha value is -4.97. The highest BCUT2D eigenvalue weighted by atomic mass is 19.1. The van der Waals surface area contributed by atoms with Crippen LogP contribution in [0.4, 0.5) is 4.39 Å². The van der Waals surface area contributed by atoms with Gasteiger partial charge in [0.2, 0.25) is 0 Å². The predicted octanol–water partition coefficient (Wildman–Crippen LogP) is 3.74. The van der Waals surface area contributed by atoms with Crippen molar-refractivity contribution < 1.29 is 28.6 Å². The number of carboxylic acid groups (broad SMARTS) is 1. The smallest absolute Gasteiger partial charge is 0.354 e. The number of fused-ring (bicyclic) bond motifs is 2. The summed E-state index contributed by atoms with van der Waals surface area (Å²) < 4.78 is 19.2. The lowest BCUT2D eigenvalue weighted by Crippen LogP contribution is -2.29. The predicted molar refractivity (Wildman–Crippen MR) is 152 cm³/mol. The molecule has 218 valence electrons. The molecule has 4 aromatic rings. The second kappa shape index (κ2) is 13.1. The van der Waals surface area contributed by atoms with Crippen molar-refractivity contribution >= 4 is 23.6 Å². The van der Waals surface area contributed by atoms with Crippen LogP contribution in [0, 0.1) is 12.7 Å². The van der Waals surface area contributed by atoms with Crippen LogP contribution in [-0.2, 0) is 24.1 Å². The SMILES string of the molecule is C=CCOC(=O)c1ccc2c(c1C)CC[C@@H]2NC(=O)c1cc(C(=O)O)nc2ncnn12.CCc1cc(CN)ccc1F. The summed E-state index contributed by atoms with van der Waals surface area (Å²) in [6.07, 6.45) is 4.76. The molecule has 11 nitrogen and oxygen atoms in total. The third kappa shape index (κ3) is 6.33. The van der Waals surface area contributed by atoms with Crippen LogP contribution < -0.4 is 11.1 Å². The van der Waals surface area contributed by atoms with E-state index in [1.165, 1.54) is 29.1 Å². The molecule has 42 heavy (non-hydrogen) atoms. The van der Waals surface area contributed by atoms with Gasteiger partial charge in [-0.2, -0.15) is 14.6 Å². The van der Waals surface area contributed by atoms with Gasteiger partial charge in [0, 0.05) is 12.6 Å². The van der Waals surface area contributed by atoms with Crippen LogP contribution in [0.25, 0.3) is 5.78 Å². The topological polar surface area (TPSA) is 162 Å². The van der Waals surface area contributed by atoms with E-state index < -0.39 is 17.8 Å². The van der Waals surface area contributed by atoms with E-state index in [0.29, 0.717) is 24.9 Å². The molecule has 1 amide bonds. The molecule has 0 saturated heterocycles. The standard InChI is InChI=1S/C21H19N5O5.C9H12FN/c1-3-8-31-20(30)13-4-5-14-12(11(13)2)6-7-15(14)24-18(27)17-9-16(19(28)29)25-21-22-10-23-26(17)21;1-2-8-5-7(6-11)3-4-9(8)10/h3-5,9-10,15H,1,6-8H2,2H3,(H,24,27)(H,28,29);3-5H,2,6,11H2,1H3/t15-;/m0./s1. The van der Waals surface area contributed by atoms with Crippen molar-refractivity contribution in [3.63, 3.8) is 0 Å². The average Bonchev–Trinajstić information content (AvgIpc) is 3.63. The van der Waals surface area contributed by atoms with Crippen LogP contribution in [0.5, 0.6) is 0 Å². The lowest BCUT2D eigenvalue weighted by atomic mass is 9.98. The Morgan fingerprint density at radius 2 is 2.05 bits per heavy atom. The Labute approximate surface area is 241 Å². The number of rotatable bonds is 8. The largest absolute Gasteiger partial charge is 0.477 e. The number of esters is 1. The molecule has 1 aliphatic rings. The van der Waals surface area contributed by atoms with E-state index in [1.807, 2.05) is 26.0 Å². The number of aryl methyl sites for hydroxylation is 1. The van der Waals surface area contributed by atoms with Gasteiger partial charge in [0.1, 0.15) is 24.4 Å². The van der Waals surface area contributed by atoms with Gasteiger partial charge in [0.15, 0.2) is 5.69 Å². The van der Waals surface area contributed by atoms with Crippen molar-refractivity contribution in [1.29, 1.82) is 0 Å². The number of benzene rings is 2. The van der Waals surface area contributed by atoms with Gasteiger partial charge in [-0.25, -0.2) is 19.0 Å². The molecule has 0 aliphatic heterocycles. The molecule has 12 heteroatoms. The molecule has 0 radical (unpaired) electrons. The zero-order valence-corrected chi connectivity index (χ0v) is 23.3. The fourth-order valence-corrected chi connectivity index (χ4v) is 4.81. The molecular weight excluding hydrogens is 543 g/mol. The summed E-state index contributed by atoms with van der Waals surface area (Å²) in [6.45, 7) is 7.93. The molecule has 2 heterocycles. The highest BCUT2D eigenvalue weighted by Gasteiger charge is 2.29. The maximum Gasteiger partial charge on any atom is 0.354 e. The minimum absolute atomic E-state index is 0.0229. The van der Waals surface area contributed by atoms with Gasteiger partial charge < -0.3 is 20.9 Å². The van der Waals surface area contributed by atoms with E-state index in [0.717, 1.165) is 34.2 Å². The van der Waals surface area contributed by atoms with Crippen molar-refractivity contribution in [1.82, 2.24) is 24.9 Å². The Bertz CT molecular complexity index is 1670. The van der Waals surface area contributed by atoms with Gasteiger partial charge in [0.05, 0.1) is 11.6 Å². The molecule has 0 saturated carbocycles. The molecular formula is C30H31FN6O5. The first-order valence-electron chi connectivity index (χ1n) is 13.3. The normalized spacial score (nSPS) is 13.6. The summed E-state index contributed by atoms with van der Waals surface area (Å²) in [5, 5.41) is 16.2. The molecule has 5 rings (SSSR count). The van der Waals surface area contributed by atoms with E-state index in [1.54, 1.807) is 12.1 Å². The minimum atomic E-state index is -1.27. The zero-order valence-electron chi connectivity index (χ0n) is 23.3. The second-order valence-corrected chi connectivity index (χ2v) is 9.54. The molecule has 0 unspecified atom stereocenters. The van der Waals surface area contributed by atoms with Crippen molar-refractivity contribution in [2.75, 3.05) is 6.61 Å². The number of aromatic carboxylic acids is 1. The highest BCUT2D eigenvalue weighted by Crippen LogP contribution is 2.35. The van der Waals surface area contributed by atoms with E-state index in [9.17, 15) is 23.9 Å².